The third-order valence-corrected chi connectivity index (χ3v) is 3.34. The minimum atomic E-state index is -1.21. The van der Waals surface area contributed by atoms with E-state index in [0.717, 1.165) is 0 Å². The fourth-order valence-corrected chi connectivity index (χ4v) is 1.93. The van der Waals surface area contributed by atoms with Gasteiger partial charge in [-0.15, -0.1) is 0 Å². The topological polar surface area (TPSA) is 74.6 Å². The first-order valence-electron chi connectivity index (χ1n) is 4.32. The molecule has 0 amide bonds. The van der Waals surface area contributed by atoms with Crippen molar-refractivity contribution in [3.63, 3.8) is 0 Å². The largest absolute Gasteiger partial charge is 0.481 e. The van der Waals surface area contributed by atoms with E-state index in [1.54, 1.807) is 12.1 Å². The molecule has 4 nitrogen and oxygen atoms in total. The van der Waals surface area contributed by atoms with E-state index in [0.29, 0.717) is 10.0 Å². The number of benzene rings is 1. The average Bonchev–Trinajstić information content (AvgIpc) is 2.18. The number of carboxylic acid groups (broad SMARTS) is 2. The third-order valence-electron chi connectivity index (χ3n) is 2.03. The maximum Gasteiger partial charge on any atom is 0.311 e. The third kappa shape index (κ3) is 2.96. The van der Waals surface area contributed by atoms with Gasteiger partial charge in [-0.05, 0) is 27.6 Å². The molecule has 16 heavy (non-hydrogen) atoms. The highest BCUT2D eigenvalue weighted by atomic mass is 79.9. The molecule has 0 saturated carbocycles. The molecule has 1 unspecified atom stereocenters. The molecule has 0 radical (unpaired) electrons. The van der Waals surface area contributed by atoms with Gasteiger partial charge in [-0.25, -0.2) is 0 Å². The monoisotopic (exact) mass is 306 g/mol. The number of hydrogen-bond donors (Lipinski definition) is 2. The summed E-state index contributed by atoms with van der Waals surface area (Å²) in [4.78, 5) is 21.5. The van der Waals surface area contributed by atoms with E-state index in [1.165, 1.54) is 6.07 Å². The Kier molecular flexibility index (Phi) is 4.32. The van der Waals surface area contributed by atoms with Gasteiger partial charge < -0.3 is 10.2 Å². The molecule has 0 aliphatic carbocycles. The molecule has 0 aliphatic heterocycles. The summed E-state index contributed by atoms with van der Waals surface area (Å²) in [7, 11) is 0. The van der Waals surface area contributed by atoms with Crippen LogP contribution in [-0.2, 0) is 9.59 Å². The van der Waals surface area contributed by atoms with Crippen LogP contribution in [0.25, 0.3) is 0 Å². The van der Waals surface area contributed by atoms with Crippen molar-refractivity contribution in [3.8, 4) is 0 Å². The Morgan fingerprint density at radius 3 is 2.50 bits per heavy atom. The Morgan fingerprint density at radius 1 is 1.38 bits per heavy atom. The minimum absolute atomic E-state index is 0.233. The number of carboxylic acids is 2. The summed E-state index contributed by atoms with van der Waals surface area (Å²) in [6.07, 6.45) is -0.495. The normalized spacial score (nSPS) is 12.1. The molecule has 86 valence electrons. The van der Waals surface area contributed by atoms with E-state index in [2.05, 4.69) is 15.9 Å². The molecule has 0 heterocycles. The van der Waals surface area contributed by atoms with Crippen molar-refractivity contribution in [1.29, 1.82) is 0 Å². The van der Waals surface area contributed by atoms with Crippen LogP contribution in [0.5, 0.6) is 0 Å². The minimum Gasteiger partial charge on any atom is -0.481 e. The maximum absolute atomic E-state index is 11.0. The number of halogens is 2. The zero-order chi connectivity index (χ0) is 12.3. The molecule has 0 aliphatic rings. The molecule has 1 rings (SSSR count). The summed E-state index contributed by atoms with van der Waals surface area (Å²) in [6.45, 7) is 0. The van der Waals surface area contributed by atoms with Gasteiger partial charge in [-0.2, -0.15) is 0 Å². The first-order chi connectivity index (χ1) is 7.43. The molecule has 0 bridgehead atoms. The molecule has 0 spiro atoms. The maximum atomic E-state index is 11.0. The van der Waals surface area contributed by atoms with E-state index in [4.69, 9.17) is 21.8 Å². The van der Waals surface area contributed by atoms with Crippen LogP contribution in [0.4, 0.5) is 0 Å². The van der Waals surface area contributed by atoms with Gasteiger partial charge in [0, 0.05) is 4.47 Å². The quantitative estimate of drug-likeness (QED) is 0.897. The zero-order valence-electron chi connectivity index (χ0n) is 7.98. The highest BCUT2D eigenvalue weighted by Gasteiger charge is 2.25. The Bertz CT molecular complexity index is 433. The lowest BCUT2D eigenvalue weighted by Gasteiger charge is -2.12. The smallest absolute Gasteiger partial charge is 0.311 e. The molecule has 0 fully saturated rings. The van der Waals surface area contributed by atoms with E-state index in [9.17, 15) is 9.59 Å². The van der Waals surface area contributed by atoms with Crippen LogP contribution in [-0.4, -0.2) is 22.2 Å². The summed E-state index contributed by atoms with van der Waals surface area (Å²) in [5.74, 6) is -3.52. The van der Waals surface area contributed by atoms with Crippen molar-refractivity contribution >= 4 is 39.5 Å². The fourth-order valence-electron chi connectivity index (χ4n) is 1.29. The van der Waals surface area contributed by atoms with Crippen molar-refractivity contribution in [3.05, 3.63) is 33.3 Å². The summed E-state index contributed by atoms with van der Waals surface area (Å²) in [5, 5.41) is 17.8. The summed E-state index contributed by atoms with van der Waals surface area (Å²) in [5.41, 5.74) is 0.297. The number of hydrogen-bond acceptors (Lipinski definition) is 2. The Balaban J connectivity index is 3.16. The summed E-state index contributed by atoms with van der Waals surface area (Å²) >= 11 is 9.07. The Labute approximate surface area is 105 Å². The standard InChI is InChI=1S/C10H8BrClO4/c11-7-3-1-2-5(9(7)12)6(10(15)16)4-8(13)14/h1-3,6H,4H2,(H,13,14)(H,15,16). The second-order valence-corrected chi connectivity index (χ2v) is 4.36. The molecular weight excluding hydrogens is 299 g/mol. The molecule has 1 atom stereocenters. The number of rotatable bonds is 4. The number of aliphatic carboxylic acids is 2. The second-order valence-electron chi connectivity index (χ2n) is 3.13. The van der Waals surface area contributed by atoms with Gasteiger partial charge >= 0.3 is 11.9 Å². The van der Waals surface area contributed by atoms with E-state index >= 15 is 0 Å². The van der Waals surface area contributed by atoms with Gasteiger partial charge in [0.2, 0.25) is 0 Å². The molecule has 6 heteroatoms. The van der Waals surface area contributed by atoms with Crippen molar-refractivity contribution in [2.45, 2.75) is 12.3 Å². The fraction of sp³-hybridized carbons (Fsp3) is 0.200. The first kappa shape index (κ1) is 13.0. The lowest BCUT2D eigenvalue weighted by molar-refractivity contribution is -0.145. The van der Waals surface area contributed by atoms with Gasteiger partial charge in [-0.3, -0.25) is 9.59 Å². The highest BCUT2D eigenvalue weighted by Crippen LogP contribution is 2.32. The predicted octanol–water partition coefficient (Wildman–Crippen LogP) is 2.75. The van der Waals surface area contributed by atoms with Crippen molar-refractivity contribution in [2.75, 3.05) is 0 Å². The summed E-state index contributed by atoms with van der Waals surface area (Å²) in [6, 6.07) is 4.78. The van der Waals surface area contributed by atoms with Crippen molar-refractivity contribution in [2.24, 2.45) is 0 Å². The number of carbonyl (C=O) groups is 2. The van der Waals surface area contributed by atoms with Crippen LogP contribution in [0.3, 0.4) is 0 Å². The molecule has 0 saturated heterocycles. The van der Waals surface area contributed by atoms with Gasteiger partial charge in [0.15, 0.2) is 0 Å². The molecule has 0 aromatic heterocycles. The van der Waals surface area contributed by atoms with Crippen LogP contribution >= 0.6 is 27.5 Å². The lowest BCUT2D eigenvalue weighted by Crippen LogP contribution is -2.16. The van der Waals surface area contributed by atoms with Gasteiger partial charge in [-0.1, -0.05) is 23.7 Å². The van der Waals surface area contributed by atoms with Crippen LogP contribution in [0.1, 0.15) is 17.9 Å². The average molecular weight is 308 g/mol. The van der Waals surface area contributed by atoms with Crippen LogP contribution in [0.2, 0.25) is 5.02 Å². The van der Waals surface area contributed by atoms with E-state index < -0.39 is 24.3 Å². The first-order valence-corrected chi connectivity index (χ1v) is 5.49. The lowest BCUT2D eigenvalue weighted by atomic mass is 9.96. The van der Waals surface area contributed by atoms with Gasteiger partial charge in [0.25, 0.3) is 0 Å². The summed E-state index contributed by atoms with van der Waals surface area (Å²) < 4.78 is 0.545. The van der Waals surface area contributed by atoms with Gasteiger partial charge in [0.1, 0.15) is 0 Å². The zero-order valence-corrected chi connectivity index (χ0v) is 10.3. The van der Waals surface area contributed by atoms with Crippen LogP contribution < -0.4 is 0 Å². The predicted molar refractivity (Wildman–Crippen MR) is 61.8 cm³/mol. The van der Waals surface area contributed by atoms with E-state index in [1.807, 2.05) is 0 Å². The SMILES string of the molecule is O=C(O)CC(C(=O)O)c1cccc(Br)c1Cl. The Morgan fingerprint density at radius 2 is 2.00 bits per heavy atom. The van der Waals surface area contributed by atoms with Crippen molar-refractivity contribution < 1.29 is 19.8 Å². The molecule has 1 aromatic carbocycles. The van der Waals surface area contributed by atoms with Crippen molar-refractivity contribution in [1.82, 2.24) is 0 Å². The molecule has 2 N–H and O–H groups in total. The van der Waals surface area contributed by atoms with Gasteiger partial charge in [0.05, 0.1) is 17.4 Å². The van der Waals surface area contributed by atoms with Crippen LogP contribution in [0, 0.1) is 0 Å². The van der Waals surface area contributed by atoms with Crippen LogP contribution in [0.15, 0.2) is 22.7 Å². The second kappa shape index (κ2) is 5.32. The Hall–Kier alpha value is -1.07. The van der Waals surface area contributed by atoms with E-state index in [-0.39, 0.29) is 5.02 Å². The molecular formula is C10H8BrClO4. The molecule has 1 aromatic rings. The highest BCUT2D eigenvalue weighted by molar-refractivity contribution is 9.10.